The van der Waals surface area contributed by atoms with Crippen molar-refractivity contribution in [2.45, 2.75) is 26.2 Å². The molecule has 0 N–H and O–H groups in total. The van der Waals surface area contributed by atoms with Crippen LogP contribution in [0.25, 0.3) is 6.08 Å². The third-order valence-corrected chi connectivity index (χ3v) is 17.1. The molecule has 0 amide bonds. The molecule has 1 radical (unpaired) electrons. The molecule has 145 valence electrons. The van der Waals surface area contributed by atoms with Gasteiger partial charge in [-0.1, -0.05) is 55.6 Å². The van der Waals surface area contributed by atoms with Gasteiger partial charge in [-0.15, -0.1) is 0 Å². The fourth-order valence-corrected chi connectivity index (χ4v) is 5.76. The van der Waals surface area contributed by atoms with Crippen molar-refractivity contribution in [3.05, 3.63) is 65.7 Å². The van der Waals surface area contributed by atoms with Gasteiger partial charge in [0.25, 0.3) is 0 Å². The topological polar surface area (TPSA) is 81.7 Å². The Balaban J connectivity index is 0.000000592. The van der Waals surface area contributed by atoms with Gasteiger partial charge >= 0.3 is 34.8 Å². The van der Waals surface area contributed by atoms with E-state index in [1.165, 1.54) is 14.1 Å². The van der Waals surface area contributed by atoms with Crippen LogP contribution in [0.1, 0.15) is 5.56 Å². The normalized spacial score (nSPS) is 9.11. The van der Waals surface area contributed by atoms with E-state index >= 15 is 0 Å². The van der Waals surface area contributed by atoms with E-state index in [-0.39, 0.29) is 13.9 Å². The predicted octanol–water partition coefficient (Wildman–Crippen LogP) is 3.47. The first kappa shape index (κ1) is 25.5. The summed E-state index contributed by atoms with van der Waals surface area (Å²) in [7, 11) is -1.57. The Kier molecular flexibility index (Phi) is 13.3. The molecule has 0 aliphatic rings. The summed E-state index contributed by atoms with van der Waals surface area (Å²) in [5, 5.41) is 18.9. The van der Waals surface area contributed by atoms with Gasteiger partial charge in [-0.2, -0.15) is 28.7 Å². The van der Waals surface area contributed by atoms with Crippen molar-refractivity contribution in [3.63, 3.8) is 0 Å². The van der Waals surface area contributed by atoms with E-state index in [0.29, 0.717) is 0 Å². The summed E-state index contributed by atoms with van der Waals surface area (Å²) in [6.45, 7) is 9.55. The summed E-state index contributed by atoms with van der Waals surface area (Å²) >= 11 is -0.842. The molecular formula is C21H22N2O2RuSi2-. The van der Waals surface area contributed by atoms with Gasteiger partial charge < -0.3 is 0 Å². The zero-order valence-electron chi connectivity index (χ0n) is 16.3. The smallest absolute Gasteiger partial charge is 0.172 e. The molecular weight excluding hydrogens is 469 g/mol. The molecule has 2 aromatic carbocycles. The molecule has 0 saturated carbocycles. The number of carbonyl (C=O) groups excluding carboxylic acids is 2. The number of nitriles is 2. The van der Waals surface area contributed by atoms with E-state index in [4.69, 9.17) is 20.1 Å². The fraction of sp³-hybridized carbons (Fsp3) is 0.190. The van der Waals surface area contributed by atoms with E-state index in [0.717, 1.165) is 5.56 Å². The summed E-state index contributed by atoms with van der Waals surface area (Å²) in [5.74, 6) is 0. The van der Waals surface area contributed by atoms with E-state index in [1.54, 1.807) is 6.08 Å². The van der Waals surface area contributed by atoms with Crippen molar-refractivity contribution in [2.24, 2.45) is 0 Å². The first-order valence-electron chi connectivity index (χ1n) is 8.27. The monoisotopic (exact) mass is 492 g/mol. The standard InChI is InChI=1S/C14H17N2Si2.C5H5.2CO.Ru/c1-17(2)18(3,4)14-7-5-12(6-8-14)9-13(10-15)11-16;1-2-4-5-3-1;2*1-2;/h5-9H,1-4H3;1-5H;;;/q;-1;;;. The van der Waals surface area contributed by atoms with Crippen LogP contribution in [0.4, 0.5) is 0 Å². The van der Waals surface area contributed by atoms with Crippen LogP contribution in [-0.4, -0.2) is 24.9 Å². The molecule has 4 nitrogen and oxygen atoms in total. The van der Waals surface area contributed by atoms with Gasteiger partial charge in [0.2, 0.25) is 0 Å². The molecule has 0 aromatic heterocycles. The minimum atomic E-state index is -1.29. The number of benzene rings is 1. The summed E-state index contributed by atoms with van der Waals surface area (Å²) in [6, 6.07) is 22.1. The van der Waals surface area contributed by atoms with Crippen molar-refractivity contribution in [2.75, 3.05) is 0 Å². The van der Waals surface area contributed by atoms with Crippen LogP contribution in [-0.2, 0) is 25.8 Å². The minimum absolute atomic E-state index is 0.148. The van der Waals surface area contributed by atoms with Crippen molar-refractivity contribution in [1.82, 2.24) is 0 Å². The summed E-state index contributed by atoms with van der Waals surface area (Å²) in [4.78, 5) is 18.1. The average molecular weight is 492 g/mol. The SMILES string of the molecule is C[Si](C)[Si](C)(C)c1ccc(C=C(C#N)C#N)cc1.O=[C]=[Ru]=[C]=O.c1cc[cH-]c1. The molecule has 0 saturated heterocycles. The number of nitrogens with zero attached hydrogens (tertiary/aromatic N) is 2. The molecule has 0 fully saturated rings. The maximum atomic E-state index is 9.06. The van der Waals surface area contributed by atoms with Crippen LogP contribution in [0, 0.1) is 22.7 Å². The molecule has 0 heterocycles. The van der Waals surface area contributed by atoms with Crippen LogP contribution in [0.5, 0.6) is 0 Å². The Hall–Kier alpha value is -2.49. The quantitative estimate of drug-likeness (QED) is 0.374. The Morgan fingerprint density at radius 1 is 1.04 bits per heavy atom. The van der Waals surface area contributed by atoms with Gasteiger partial charge in [-0.3, -0.25) is 0 Å². The van der Waals surface area contributed by atoms with Gasteiger partial charge in [0.15, 0.2) is 0 Å². The van der Waals surface area contributed by atoms with E-state index in [2.05, 4.69) is 38.3 Å². The number of hydrogen-bond acceptors (Lipinski definition) is 4. The molecule has 2 aromatic rings. The Bertz CT molecular complexity index is 889. The van der Waals surface area contributed by atoms with Gasteiger partial charge in [-0.25, -0.2) is 12.1 Å². The average Bonchev–Trinajstić information content (AvgIpc) is 3.27. The number of allylic oxidation sites excluding steroid dienone is 1. The molecule has 0 unspecified atom stereocenters. The maximum absolute atomic E-state index is 9.06. The third-order valence-electron chi connectivity index (χ3n) is 4.06. The van der Waals surface area contributed by atoms with Crippen LogP contribution < -0.4 is 5.19 Å². The first-order chi connectivity index (χ1) is 13.3. The van der Waals surface area contributed by atoms with Crippen molar-refractivity contribution in [3.8, 4) is 12.1 Å². The molecule has 28 heavy (non-hydrogen) atoms. The van der Waals surface area contributed by atoms with Gasteiger partial charge in [0.1, 0.15) is 17.7 Å². The van der Waals surface area contributed by atoms with Crippen molar-refractivity contribution in [1.29, 1.82) is 10.5 Å². The largest absolute Gasteiger partial charge is 0.214 e. The van der Waals surface area contributed by atoms with Crippen LogP contribution >= 0.6 is 0 Å². The van der Waals surface area contributed by atoms with Crippen LogP contribution in [0.2, 0.25) is 26.2 Å². The fourth-order valence-electron chi connectivity index (χ4n) is 1.88. The molecule has 0 bridgehead atoms. The molecule has 0 aliphatic heterocycles. The molecule has 2 rings (SSSR count). The zero-order chi connectivity index (χ0) is 21.4. The molecule has 0 atom stereocenters. The second kappa shape index (κ2) is 14.6. The number of rotatable bonds is 3. The number of hydrogen-bond donors (Lipinski definition) is 0. The van der Waals surface area contributed by atoms with Crippen molar-refractivity contribution < 1.29 is 25.8 Å². The van der Waals surface area contributed by atoms with Crippen molar-refractivity contribution >= 4 is 36.1 Å². The van der Waals surface area contributed by atoms with E-state index in [1.807, 2.05) is 54.6 Å². The minimum Gasteiger partial charge on any atom is -0.214 e. The Morgan fingerprint density at radius 2 is 1.54 bits per heavy atom. The second-order valence-electron chi connectivity index (χ2n) is 6.22. The zero-order valence-corrected chi connectivity index (χ0v) is 20.1. The Labute approximate surface area is 176 Å². The van der Waals surface area contributed by atoms with Gasteiger partial charge in [0, 0.05) is 8.31 Å². The maximum Gasteiger partial charge on any atom is -0.172 e. The second-order valence-corrected chi connectivity index (χ2v) is 19.9. The summed E-state index contributed by atoms with van der Waals surface area (Å²) < 4.78 is 2.87. The third kappa shape index (κ3) is 10.0. The molecule has 7 heteroatoms. The first-order valence-corrected chi connectivity index (χ1v) is 16.5. The van der Waals surface area contributed by atoms with Crippen LogP contribution in [0.15, 0.2) is 60.2 Å². The van der Waals surface area contributed by atoms with Crippen LogP contribution in [0.3, 0.4) is 0 Å². The van der Waals surface area contributed by atoms with E-state index < -0.39 is 23.8 Å². The molecule has 0 aliphatic carbocycles. The van der Waals surface area contributed by atoms with Gasteiger partial charge in [0.05, 0.1) is 7.59 Å². The molecule has 0 spiro atoms. The van der Waals surface area contributed by atoms with E-state index in [9.17, 15) is 0 Å². The summed E-state index contributed by atoms with van der Waals surface area (Å²) in [6.07, 6.45) is 1.63. The van der Waals surface area contributed by atoms with Gasteiger partial charge in [-0.05, 0) is 11.6 Å². The summed E-state index contributed by atoms with van der Waals surface area (Å²) in [5.41, 5.74) is 1.07. The Morgan fingerprint density at radius 3 is 1.82 bits per heavy atom. The predicted molar refractivity (Wildman–Crippen MR) is 114 cm³/mol.